The average molecular weight is 370 g/mol. The van der Waals surface area contributed by atoms with Gasteiger partial charge in [0.1, 0.15) is 6.61 Å². The van der Waals surface area contributed by atoms with Crippen LogP contribution < -0.4 is 14.9 Å². The Labute approximate surface area is 157 Å². The summed E-state index contributed by atoms with van der Waals surface area (Å²) in [5.74, 6) is 0.204. The number of amides is 1. The number of aromatic hydroxyl groups is 2. The van der Waals surface area contributed by atoms with Gasteiger partial charge in [-0.3, -0.25) is 4.79 Å². The molecule has 1 unspecified atom stereocenters. The van der Waals surface area contributed by atoms with Gasteiger partial charge in [0.15, 0.2) is 23.0 Å². The van der Waals surface area contributed by atoms with Crippen molar-refractivity contribution in [1.82, 2.24) is 5.43 Å². The highest BCUT2D eigenvalue weighted by Gasteiger charge is 2.28. The number of nitrogens with zero attached hydrogens (tertiary/aromatic N) is 1. The van der Waals surface area contributed by atoms with Crippen molar-refractivity contribution in [2.45, 2.75) is 32.3 Å². The molecule has 27 heavy (non-hydrogen) atoms. The van der Waals surface area contributed by atoms with Crippen LogP contribution in [0.5, 0.6) is 23.0 Å². The highest BCUT2D eigenvalue weighted by Crippen LogP contribution is 2.36. The summed E-state index contributed by atoms with van der Waals surface area (Å²) in [6.07, 6.45) is 0.532. The summed E-state index contributed by atoms with van der Waals surface area (Å²) in [4.78, 5) is 12.3. The molecule has 0 aromatic heterocycles. The molecule has 2 aromatic carbocycles. The minimum absolute atomic E-state index is 0.0481. The number of phenolic OH excluding ortho intramolecular Hbond substituents is 2. The molecule has 1 amide bonds. The molecule has 1 heterocycles. The molecule has 0 saturated carbocycles. The third-order valence-electron chi connectivity index (χ3n) is 4.15. The number of ether oxygens (including phenoxy) is 2. The highest BCUT2D eigenvalue weighted by atomic mass is 16.6. The van der Waals surface area contributed by atoms with E-state index in [1.54, 1.807) is 6.07 Å². The van der Waals surface area contributed by atoms with Crippen molar-refractivity contribution >= 4 is 12.1 Å². The SMILES string of the molecule is CC(C)(C)c1ccc2c(c1)OC(C(=O)N/N=C\c1ccc(O)c(O)c1)CO2. The standard InChI is InChI=1S/C20H22N2O5/c1-20(2,3)13-5-7-16-17(9-13)27-18(11-26-16)19(25)22-21-10-12-4-6-14(23)15(24)8-12/h4-10,18,23-24H,11H2,1-3H3,(H,22,25)/b21-10-. The van der Waals surface area contributed by atoms with E-state index in [9.17, 15) is 15.0 Å². The summed E-state index contributed by atoms with van der Waals surface area (Å²) in [6.45, 7) is 6.37. The number of hydrazone groups is 1. The number of benzene rings is 2. The van der Waals surface area contributed by atoms with Gasteiger partial charge in [-0.1, -0.05) is 26.8 Å². The first kappa shape index (κ1) is 18.6. The van der Waals surface area contributed by atoms with E-state index >= 15 is 0 Å². The van der Waals surface area contributed by atoms with Crippen LogP contribution in [0.4, 0.5) is 0 Å². The Balaban J connectivity index is 1.65. The number of carbonyl (C=O) groups is 1. The molecular formula is C20H22N2O5. The second-order valence-corrected chi connectivity index (χ2v) is 7.31. The lowest BCUT2D eigenvalue weighted by molar-refractivity contribution is -0.130. The zero-order valence-electron chi connectivity index (χ0n) is 15.4. The Morgan fingerprint density at radius 3 is 2.63 bits per heavy atom. The number of fused-ring (bicyclic) bond motifs is 1. The lowest BCUT2D eigenvalue weighted by atomic mass is 9.87. The van der Waals surface area contributed by atoms with Gasteiger partial charge in [0.05, 0.1) is 6.21 Å². The summed E-state index contributed by atoms with van der Waals surface area (Å²) in [7, 11) is 0. The smallest absolute Gasteiger partial charge is 0.284 e. The zero-order chi connectivity index (χ0) is 19.6. The van der Waals surface area contributed by atoms with E-state index < -0.39 is 12.0 Å². The van der Waals surface area contributed by atoms with Gasteiger partial charge in [-0.2, -0.15) is 5.10 Å². The van der Waals surface area contributed by atoms with E-state index in [0.717, 1.165) is 5.56 Å². The van der Waals surface area contributed by atoms with Gasteiger partial charge in [-0.25, -0.2) is 5.43 Å². The fourth-order valence-electron chi connectivity index (χ4n) is 2.53. The maximum Gasteiger partial charge on any atom is 0.284 e. The highest BCUT2D eigenvalue weighted by molar-refractivity contribution is 5.85. The van der Waals surface area contributed by atoms with E-state index in [2.05, 4.69) is 31.3 Å². The fourth-order valence-corrected chi connectivity index (χ4v) is 2.53. The Hall–Kier alpha value is -3.22. The van der Waals surface area contributed by atoms with E-state index in [1.165, 1.54) is 18.3 Å². The predicted molar refractivity (Wildman–Crippen MR) is 101 cm³/mol. The summed E-state index contributed by atoms with van der Waals surface area (Å²) in [5, 5.41) is 22.6. The molecule has 1 atom stereocenters. The molecule has 1 aliphatic heterocycles. The quantitative estimate of drug-likeness (QED) is 0.438. The van der Waals surface area contributed by atoms with Crippen molar-refractivity contribution < 1.29 is 24.5 Å². The fraction of sp³-hybridized carbons (Fsp3) is 0.300. The van der Waals surface area contributed by atoms with Crippen molar-refractivity contribution in [2.24, 2.45) is 5.10 Å². The minimum atomic E-state index is -0.821. The van der Waals surface area contributed by atoms with Gasteiger partial charge in [0.2, 0.25) is 6.10 Å². The van der Waals surface area contributed by atoms with Gasteiger partial charge in [-0.05, 0) is 46.9 Å². The summed E-state index contributed by atoms with van der Waals surface area (Å²) < 4.78 is 11.4. The van der Waals surface area contributed by atoms with Gasteiger partial charge < -0.3 is 19.7 Å². The number of hydrogen-bond acceptors (Lipinski definition) is 6. The molecule has 0 radical (unpaired) electrons. The molecule has 0 fully saturated rings. The maximum absolute atomic E-state index is 12.3. The van der Waals surface area contributed by atoms with Crippen molar-refractivity contribution in [3.63, 3.8) is 0 Å². The van der Waals surface area contributed by atoms with E-state index in [-0.39, 0.29) is 23.5 Å². The van der Waals surface area contributed by atoms with E-state index in [4.69, 9.17) is 9.47 Å². The molecule has 0 spiro atoms. The van der Waals surface area contributed by atoms with E-state index in [1.807, 2.05) is 18.2 Å². The molecule has 1 aliphatic rings. The molecule has 3 N–H and O–H groups in total. The van der Waals surface area contributed by atoms with Gasteiger partial charge in [0.25, 0.3) is 5.91 Å². The Kier molecular flexibility index (Phi) is 4.94. The van der Waals surface area contributed by atoms with E-state index in [0.29, 0.717) is 17.1 Å². The number of hydrogen-bond donors (Lipinski definition) is 3. The third-order valence-corrected chi connectivity index (χ3v) is 4.15. The van der Waals surface area contributed by atoms with Gasteiger partial charge >= 0.3 is 0 Å². The largest absolute Gasteiger partial charge is 0.504 e. The summed E-state index contributed by atoms with van der Waals surface area (Å²) >= 11 is 0. The second kappa shape index (κ2) is 7.19. The number of phenols is 2. The first-order chi connectivity index (χ1) is 12.7. The zero-order valence-corrected chi connectivity index (χ0v) is 15.4. The van der Waals surface area contributed by atoms with Crippen LogP contribution in [0.15, 0.2) is 41.5 Å². The van der Waals surface area contributed by atoms with Gasteiger partial charge in [0, 0.05) is 0 Å². The van der Waals surface area contributed by atoms with Crippen molar-refractivity contribution in [3.8, 4) is 23.0 Å². The molecule has 2 aromatic rings. The maximum atomic E-state index is 12.3. The van der Waals surface area contributed by atoms with Crippen LogP contribution in [0, 0.1) is 0 Å². The normalized spacial score (nSPS) is 16.3. The minimum Gasteiger partial charge on any atom is -0.504 e. The van der Waals surface area contributed by atoms with Crippen LogP contribution in [0.2, 0.25) is 0 Å². The van der Waals surface area contributed by atoms with Crippen LogP contribution in [0.1, 0.15) is 31.9 Å². The summed E-state index contributed by atoms with van der Waals surface area (Å²) in [6, 6.07) is 9.93. The van der Waals surface area contributed by atoms with Crippen molar-refractivity contribution in [3.05, 3.63) is 47.5 Å². The Morgan fingerprint density at radius 1 is 1.15 bits per heavy atom. The van der Waals surface area contributed by atoms with Gasteiger partial charge in [-0.15, -0.1) is 0 Å². The number of rotatable bonds is 3. The van der Waals surface area contributed by atoms with Crippen LogP contribution >= 0.6 is 0 Å². The third kappa shape index (κ3) is 4.31. The lowest BCUT2D eigenvalue weighted by Crippen LogP contribution is -2.42. The molecule has 0 saturated heterocycles. The van der Waals surface area contributed by atoms with Crippen LogP contribution in [-0.4, -0.2) is 35.0 Å². The Bertz CT molecular complexity index is 886. The molecule has 7 heteroatoms. The van der Waals surface area contributed by atoms with Crippen LogP contribution in [0.25, 0.3) is 0 Å². The average Bonchev–Trinajstić information content (AvgIpc) is 2.63. The second-order valence-electron chi connectivity index (χ2n) is 7.31. The monoisotopic (exact) mass is 370 g/mol. The van der Waals surface area contributed by atoms with Crippen molar-refractivity contribution in [2.75, 3.05) is 6.61 Å². The molecule has 0 bridgehead atoms. The number of carbonyl (C=O) groups excluding carboxylic acids is 1. The van der Waals surface area contributed by atoms with Crippen LogP contribution in [0.3, 0.4) is 0 Å². The molecule has 142 valence electrons. The first-order valence-electron chi connectivity index (χ1n) is 8.53. The van der Waals surface area contributed by atoms with Crippen LogP contribution in [-0.2, 0) is 10.2 Å². The lowest BCUT2D eigenvalue weighted by Gasteiger charge is -2.27. The molecule has 7 nitrogen and oxygen atoms in total. The Morgan fingerprint density at radius 2 is 1.93 bits per heavy atom. The molecular weight excluding hydrogens is 348 g/mol. The topological polar surface area (TPSA) is 100 Å². The van der Waals surface area contributed by atoms with Crippen molar-refractivity contribution in [1.29, 1.82) is 0 Å². The molecule has 3 rings (SSSR count). The first-order valence-corrected chi connectivity index (χ1v) is 8.53. The molecule has 0 aliphatic carbocycles. The summed E-state index contributed by atoms with van der Waals surface area (Å²) in [5.41, 5.74) is 3.94. The number of nitrogens with one attached hydrogen (secondary N) is 1. The predicted octanol–water partition coefficient (Wildman–Crippen LogP) is 2.69.